The molecule has 0 bridgehead atoms. The fourth-order valence-electron chi connectivity index (χ4n) is 2.95. The molecule has 3 heteroatoms. The molecule has 2 aromatic rings. The van der Waals surface area contributed by atoms with Crippen LogP contribution in [0.2, 0.25) is 0 Å². The lowest BCUT2D eigenvalue weighted by atomic mass is 9.86. The number of rotatable bonds is 4. The van der Waals surface area contributed by atoms with Gasteiger partial charge in [-0.1, -0.05) is 20.8 Å². The standard InChI is InChI=1S/C18H22O3/c1-4-11-9-16(20)13(5-2)14(6-3)18(11)15-8-7-12(19)10-17(15)21/h7-10,19-21H,4-6H2,1-3H3. The van der Waals surface area contributed by atoms with Crippen LogP contribution in [-0.4, -0.2) is 15.3 Å². The highest BCUT2D eigenvalue weighted by Crippen LogP contribution is 2.41. The van der Waals surface area contributed by atoms with Gasteiger partial charge < -0.3 is 15.3 Å². The van der Waals surface area contributed by atoms with E-state index in [4.69, 9.17) is 0 Å². The first-order chi connectivity index (χ1) is 10.0. The van der Waals surface area contributed by atoms with Gasteiger partial charge in [0.05, 0.1) is 0 Å². The zero-order valence-electron chi connectivity index (χ0n) is 12.8. The van der Waals surface area contributed by atoms with E-state index in [1.54, 1.807) is 18.2 Å². The Morgan fingerprint density at radius 2 is 1.43 bits per heavy atom. The van der Waals surface area contributed by atoms with E-state index in [-0.39, 0.29) is 11.5 Å². The first kappa shape index (κ1) is 15.2. The molecule has 0 aliphatic carbocycles. The number of hydrogen-bond acceptors (Lipinski definition) is 3. The lowest BCUT2D eigenvalue weighted by Gasteiger charge is -2.19. The van der Waals surface area contributed by atoms with Crippen LogP contribution in [0.15, 0.2) is 24.3 Å². The molecule has 2 rings (SSSR count). The van der Waals surface area contributed by atoms with Gasteiger partial charge in [0, 0.05) is 11.6 Å². The van der Waals surface area contributed by atoms with Crippen molar-refractivity contribution in [2.75, 3.05) is 0 Å². The van der Waals surface area contributed by atoms with Crippen LogP contribution in [0.5, 0.6) is 17.2 Å². The molecule has 0 unspecified atom stereocenters. The Morgan fingerprint density at radius 1 is 0.762 bits per heavy atom. The molecular formula is C18H22O3. The lowest BCUT2D eigenvalue weighted by molar-refractivity contribution is 0.451. The number of benzene rings is 2. The van der Waals surface area contributed by atoms with Crippen LogP contribution in [0, 0.1) is 0 Å². The number of hydrogen-bond donors (Lipinski definition) is 3. The molecule has 112 valence electrons. The summed E-state index contributed by atoms with van der Waals surface area (Å²) in [7, 11) is 0. The Hall–Kier alpha value is -2.16. The third-order valence-electron chi connectivity index (χ3n) is 3.95. The molecule has 0 aliphatic rings. The minimum Gasteiger partial charge on any atom is -0.508 e. The highest BCUT2D eigenvalue weighted by atomic mass is 16.3. The summed E-state index contributed by atoms with van der Waals surface area (Å²) in [5.74, 6) is 0.433. The van der Waals surface area contributed by atoms with Crippen LogP contribution in [-0.2, 0) is 19.3 Å². The normalized spacial score (nSPS) is 10.8. The van der Waals surface area contributed by atoms with Crippen molar-refractivity contribution in [2.45, 2.75) is 40.0 Å². The van der Waals surface area contributed by atoms with E-state index in [1.807, 2.05) is 20.8 Å². The molecule has 0 amide bonds. The van der Waals surface area contributed by atoms with Gasteiger partial charge in [-0.2, -0.15) is 0 Å². The smallest absolute Gasteiger partial charge is 0.127 e. The minimum absolute atomic E-state index is 0.0434. The van der Waals surface area contributed by atoms with Gasteiger partial charge in [-0.05, 0) is 59.7 Å². The Kier molecular flexibility index (Phi) is 4.41. The minimum atomic E-state index is 0.0434. The molecule has 0 aromatic heterocycles. The van der Waals surface area contributed by atoms with E-state index in [2.05, 4.69) is 0 Å². The summed E-state index contributed by atoms with van der Waals surface area (Å²) in [4.78, 5) is 0. The summed E-state index contributed by atoms with van der Waals surface area (Å²) in [5, 5.41) is 29.9. The zero-order chi connectivity index (χ0) is 15.6. The van der Waals surface area contributed by atoms with Gasteiger partial charge in [-0.3, -0.25) is 0 Å². The maximum Gasteiger partial charge on any atom is 0.127 e. The molecule has 0 fully saturated rings. The monoisotopic (exact) mass is 286 g/mol. The molecule has 0 heterocycles. The largest absolute Gasteiger partial charge is 0.508 e. The number of aryl methyl sites for hydroxylation is 1. The fourth-order valence-corrected chi connectivity index (χ4v) is 2.95. The third-order valence-corrected chi connectivity index (χ3v) is 3.95. The Bertz CT molecular complexity index is 660. The molecule has 0 spiro atoms. The maximum atomic E-state index is 10.2. The predicted octanol–water partition coefficient (Wildman–Crippen LogP) is 4.16. The zero-order valence-corrected chi connectivity index (χ0v) is 12.8. The molecule has 0 saturated heterocycles. The van der Waals surface area contributed by atoms with Crippen LogP contribution < -0.4 is 0 Å². The summed E-state index contributed by atoms with van der Waals surface area (Å²) in [6.45, 7) is 6.09. The van der Waals surface area contributed by atoms with Crippen molar-refractivity contribution in [3.63, 3.8) is 0 Å². The molecule has 3 N–H and O–H groups in total. The van der Waals surface area contributed by atoms with Crippen LogP contribution in [0.1, 0.15) is 37.5 Å². The van der Waals surface area contributed by atoms with Crippen LogP contribution >= 0.6 is 0 Å². The summed E-state index contributed by atoms with van der Waals surface area (Å²) in [6, 6.07) is 6.45. The van der Waals surface area contributed by atoms with E-state index in [0.717, 1.165) is 41.5 Å². The van der Waals surface area contributed by atoms with E-state index < -0.39 is 0 Å². The van der Waals surface area contributed by atoms with Crippen molar-refractivity contribution in [2.24, 2.45) is 0 Å². The van der Waals surface area contributed by atoms with Gasteiger partial charge in [-0.25, -0.2) is 0 Å². The molecule has 0 saturated carbocycles. The molecule has 0 aliphatic heterocycles. The van der Waals surface area contributed by atoms with Crippen LogP contribution in [0.4, 0.5) is 0 Å². The van der Waals surface area contributed by atoms with Crippen molar-refractivity contribution in [3.8, 4) is 28.4 Å². The molecule has 3 nitrogen and oxygen atoms in total. The van der Waals surface area contributed by atoms with Crippen molar-refractivity contribution < 1.29 is 15.3 Å². The number of aromatic hydroxyl groups is 3. The second kappa shape index (κ2) is 6.08. The van der Waals surface area contributed by atoms with Gasteiger partial charge in [0.15, 0.2) is 0 Å². The quantitative estimate of drug-likeness (QED) is 0.791. The van der Waals surface area contributed by atoms with Crippen LogP contribution in [0.3, 0.4) is 0 Å². The van der Waals surface area contributed by atoms with Crippen molar-refractivity contribution in [1.29, 1.82) is 0 Å². The fraction of sp³-hybridized carbons (Fsp3) is 0.333. The highest BCUT2D eigenvalue weighted by Gasteiger charge is 2.18. The van der Waals surface area contributed by atoms with Crippen molar-refractivity contribution in [1.82, 2.24) is 0 Å². The molecular weight excluding hydrogens is 264 g/mol. The summed E-state index contributed by atoms with van der Waals surface area (Å²) in [6.07, 6.45) is 2.28. The summed E-state index contributed by atoms with van der Waals surface area (Å²) >= 11 is 0. The van der Waals surface area contributed by atoms with Gasteiger partial charge in [0.2, 0.25) is 0 Å². The topological polar surface area (TPSA) is 60.7 Å². The average Bonchev–Trinajstić information content (AvgIpc) is 2.46. The van der Waals surface area contributed by atoms with E-state index >= 15 is 0 Å². The maximum absolute atomic E-state index is 10.2. The van der Waals surface area contributed by atoms with E-state index in [9.17, 15) is 15.3 Å². The van der Waals surface area contributed by atoms with E-state index in [0.29, 0.717) is 11.3 Å². The SMILES string of the molecule is CCc1cc(O)c(CC)c(CC)c1-c1ccc(O)cc1O. The second-order valence-corrected chi connectivity index (χ2v) is 5.15. The lowest BCUT2D eigenvalue weighted by Crippen LogP contribution is -2.01. The third kappa shape index (κ3) is 2.68. The van der Waals surface area contributed by atoms with Gasteiger partial charge in [-0.15, -0.1) is 0 Å². The Labute approximate surface area is 125 Å². The summed E-state index contributed by atoms with van der Waals surface area (Å²) < 4.78 is 0. The number of phenols is 3. The Balaban J connectivity index is 2.82. The average molecular weight is 286 g/mol. The van der Waals surface area contributed by atoms with Gasteiger partial charge in [0.1, 0.15) is 17.2 Å². The van der Waals surface area contributed by atoms with Crippen LogP contribution in [0.25, 0.3) is 11.1 Å². The molecule has 0 atom stereocenters. The second-order valence-electron chi connectivity index (χ2n) is 5.15. The van der Waals surface area contributed by atoms with Crippen molar-refractivity contribution in [3.05, 3.63) is 41.0 Å². The first-order valence-corrected chi connectivity index (χ1v) is 7.42. The number of phenolic OH excluding ortho intramolecular Hbond substituents is 3. The Morgan fingerprint density at radius 3 is 1.95 bits per heavy atom. The van der Waals surface area contributed by atoms with E-state index in [1.165, 1.54) is 6.07 Å². The van der Waals surface area contributed by atoms with Crippen molar-refractivity contribution >= 4 is 0 Å². The highest BCUT2D eigenvalue weighted by molar-refractivity contribution is 5.79. The van der Waals surface area contributed by atoms with Gasteiger partial charge in [0.25, 0.3) is 0 Å². The predicted molar refractivity (Wildman–Crippen MR) is 85.0 cm³/mol. The van der Waals surface area contributed by atoms with Gasteiger partial charge >= 0.3 is 0 Å². The molecule has 2 aromatic carbocycles. The summed E-state index contributed by atoms with van der Waals surface area (Å²) in [5.41, 5.74) is 4.68. The molecule has 0 radical (unpaired) electrons. The molecule has 21 heavy (non-hydrogen) atoms. The first-order valence-electron chi connectivity index (χ1n) is 7.42.